The normalized spacial score (nSPS) is 24.0. The fourth-order valence-corrected chi connectivity index (χ4v) is 5.84. The van der Waals surface area contributed by atoms with Crippen LogP contribution in [0.15, 0.2) is 48.5 Å². The van der Waals surface area contributed by atoms with E-state index < -0.39 is 53.0 Å². The molecule has 2 aliphatic heterocycles. The van der Waals surface area contributed by atoms with Gasteiger partial charge in [-0.25, -0.2) is 22.0 Å². The maximum Gasteiger partial charge on any atom is 0.261 e. The molecule has 3 aromatic rings. The SMILES string of the molecule is COCC1CCCN1CC1OC(c2cccc(NC(=O)c3c(F)c(F)c(F)c(F)c3F)c2)OC(c2ccc(CO)cc2)C1C. The lowest BCUT2D eigenvalue weighted by Crippen LogP contribution is -2.46. The summed E-state index contributed by atoms with van der Waals surface area (Å²) in [5, 5.41) is 11.7. The maximum absolute atomic E-state index is 14.3. The number of rotatable bonds is 9. The highest BCUT2D eigenvalue weighted by Crippen LogP contribution is 2.42. The van der Waals surface area contributed by atoms with Crippen LogP contribution in [0.1, 0.15) is 59.2 Å². The molecule has 0 spiro atoms. The van der Waals surface area contributed by atoms with Crippen molar-refractivity contribution in [3.05, 3.63) is 99.9 Å². The summed E-state index contributed by atoms with van der Waals surface area (Å²) in [4.78, 5) is 15.0. The number of amides is 1. The van der Waals surface area contributed by atoms with Crippen molar-refractivity contribution in [3.63, 3.8) is 0 Å². The summed E-state index contributed by atoms with van der Waals surface area (Å²) in [6.07, 6.45) is 0.410. The van der Waals surface area contributed by atoms with E-state index in [4.69, 9.17) is 14.2 Å². The smallest absolute Gasteiger partial charge is 0.261 e. The lowest BCUT2D eigenvalue weighted by Gasteiger charge is -2.43. The van der Waals surface area contributed by atoms with Gasteiger partial charge in [-0.2, -0.15) is 0 Å². The van der Waals surface area contributed by atoms with Crippen LogP contribution in [-0.2, 0) is 20.8 Å². The molecular weight excluding hydrogens is 587 g/mol. The van der Waals surface area contributed by atoms with Crippen molar-refractivity contribution in [2.45, 2.75) is 50.9 Å². The number of aliphatic hydroxyl groups is 1. The third kappa shape index (κ3) is 6.50. The van der Waals surface area contributed by atoms with Gasteiger partial charge < -0.3 is 24.6 Å². The molecule has 2 N–H and O–H groups in total. The van der Waals surface area contributed by atoms with Gasteiger partial charge in [0.15, 0.2) is 29.6 Å². The van der Waals surface area contributed by atoms with E-state index in [0.29, 0.717) is 18.7 Å². The molecule has 5 rings (SSSR count). The Bertz CT molecular complexity index is 1460. The molecular formula is C32H33F5N2O5. The first-order valence-electron chi connectivity index (χ1n) is 14.3. The number of carbonyl (C=O) groups is 1. The van der Waals surface area contributed by atoms with Crippen molar-refractivity contribution >= 4 is 11.6 Å². The molecule has 44 heavy (non-hydrogen) atoms. The van der Waals surface area contributed by atoms with Crippen LogP contribution in [0.4, 0.5) is 27.6 Å². The number of nitrogens with one attached hydrogen (secondary N) is 1. The Morgan fingerprint density at radius 2 is 1.66 bits per heavy atom. The highest BCUT2D eigenvalue weighted by molar-refractivity contribution is 6.04. The second-order valence-electron chi connectivity index (χ2n) is 11.1. The van der Waals surface area contributed by atoms with E-state index in [9.17, 15) is 31.9 Å². The molecule has 2 fully saturated rings. The summed E-state index contributed by atoms with van der Waals surface area (Å²) in [6.45, 7) is 4.03. The van der Waals surface area contributed by atoms with Gasteiger partial charge in [0, 0.05) is 36.9 Å². The van der Waals surface area contributed by atoms with Crippen LogP contribution in [0.3, 0.4) is 0 Å². The van der Waals surface area contributed by atoms with Crippen molar-refractivity contribution in [2.24, 2.45) is 5.92 Å². The second kappa shape index (κ2) is 13.7. The molecule has 2 saturated heterocycles. The Labute approximate surface area is 251 Å². The number of methoxy groups -OCH3 is 1. The highest BCUT2D eigenvalue weighted by atomic mass is 19.2. The molecule has 7 nitrogen and oxygen atoms in total. The summed E-state index contributed by atoms with van der Waals surface area (Å²) in [5.74, 6) is -12.8. The molecule has 2 heterocycles. The van der Waals surface area contributed by atoms with Crippen molar-refractivity contribution < 1.29 is 46.1 Å². The molecule has 12 heteroatoms. The molecule has 0 radical (unpaired) electrons. The van der Waals surface area contributed by atoms with Gasteiger partial charge in [0.05, 0.1) is 25.4 Å². The molecule has 0 bridgehead atoms. The first-order valence-corrected chi connectivity index (χ1v) is 14.3. The van der Waals surface area contributed by atoms with Gasteiger partial charge in [-0.05, 0) is 42.6 Å². The lowest BCUT2D eigenvalue weighted by molar-refractivity contribution is -0.276. The second-order valence-corrected chi connectivity index (χ2v) is 11.1. The van der Waals surface area contributed by atoms with Crippen molar-refractivity contribution in [2.75, 3.05) is 32.1 Å². The molecule has 0 aromatic heterocycles. The summed E-state index contributed by atoms with van der Waals surface area (Å²) in [6, 6.07) is 13.7. The van der Waals surface area contributed by atoms with Crippen LogP contribution in [0, 0.1) is 35.0 Å². The van der Waals surface area contributed by atoms with E-state index >= 15 is 0 Å². The third-order valence-electron chi connectivity index (χ3n) is 8.25. The van der Waals surface area contributed by atoms with Gasteiger partial charge in [-0.3, -0.25) is 9.69 Å². The fourth-order valence-electron chi connectivity index (χ4n) is 5.84. The molecule has 5 unspecified atom stereocenters. The lowest BCUT2D eigenvalue weighted by atomic mass is 9.90. The number of hydrogen-bond acceptors (Lipinski definition) is 6. The standard InChI is InChI=1S/C32H33F5N2O5/c1-17-23(14-39-12-4-7-22(39)16-42-2)43-32(44-30(17)19-10-8-18(15-40)9-11-19)20-5-3-6-21(13-20)38-31(41)24-25(33)27(35)29(37)28(36)26(24)34/h3,5-6,8-11,13,17,22-23,30,32,40H,4,7,12,14-16H2,1-2H3,(H,38,41). The Morgan fingerprint density at radius 1 is 0.977 bits per heavy atom. The van der Waals surface area contributed by atoms with Crippen molar-refractivity contribution in [3.8, 4) is 0 Å². The number of nitrogens with zero attached hydrogens (tertiary/aromatic N) is 1. The minimum absolute atomic E-state index is 0.0300. The predicted molar refractivity (Wildman–Crippen MR) is 150 cm³/mol. The minimum Gasteiger partial charge on any atom is -0.392 e. The van der Waals surface area contributed by atoms with Crippen LogP contribution in [0.5, 0.6) is 0 Å². The van der Waals surface area contributed by atoms with Gasteiger partial charge in [-0.15, -0.1) is 0 Å². The molecule has 0 aliphatic carbocycles. The van der Waals surface area contributed by atoms with Gasteiger partial charge in [-0.1, -0.05) is 43.3 Å². The number of aliphatic hydroxyl groups excluding tert-OH is 1. The molecule has 1 amide bonds. The third-order valence-corrected chi connectivity index (χ3v) is 8.25. The van der Waals surface area contributed by atoms with E-state index in [1.165, 1.54) is 12.1 Å². The Hall–Kier alpha value is -3.42. The van der Waals surface area contributed by atoms with E-state index in [1.807, 2.05) is 31.2 Å². The molecule has 5 atom stereocenters. The summed E-state index contributed by atoms with van der Waals surface area (Å²) in [5.41, 5.74) is 0.525. The number of hydrogen-bond donors (Lipinski definition) is 2. The Kier molecular flexibility index (Phi) is 9.96. The monoisotopic (exact) mass is 620 g/mol. The largest absolute Gasteiger partial charge is 0.392 e. The summed E-state index contributed by atoms with van der Waals surface area (Å²) in [7, 11) is 1.67. The average molecular weight is 621 g/mol. The average Bonchev–Trinajstić information content (AvgIpc) is 3.46. The first-order chi connectivity index (χ1) is 21.1. The van der Waals surface area contributed by atoms with E-state index in [1.54, 1.807) is 19.2 Å². The Balaban J connectivity index is 1.42. The summed E-state index contributed by atoms with van der Waals surface area (Å²) >= 11 is 0. The van der Waals surface area contributed by atoms with Crippen LogP contribution < -0.4 is 5.32 Å². The van der Waals surface area contributed by atoms with Gasteiger partial charge in [0.1, 0.15) is 5.56 Å². The number of likely N-dealkylation sites (tertiary alicyclic amines) is 1. The maximum atomic E-state index is 14.3. The molecule has 2 aliphatic rings. The van der Waals surface area contributed by atoms with Crippen LogP contribution in [0.2, 0.25) is 0 Å². The zero-order valence-electron chi connectivity index (χ0n) is 24.2. The quantitative estimate of drug-likeness (QED) is 0.173. The molecule has 236 valence electrons. The van der Waals surface area contributed by atoms with E-state index in [0.717, 1.165) is 30.5 Å². The zero-order chi connectivity index (χ0) is 31.5. The van der Waals surface area contributed by atoms with Crippen molar-refractivity contribution in [1.82, 2.24) is 4.90 Å². The summed E-state index contributed by atoms with van der Waals surface area (Å²) < 4.78 is 87.7. The number of ether oxygens (including phenoxy) is 3. The van der Waals surface area contributed by atoms with Crippen LogP contribution in [0.25, 0.3) is 0 Å². The zero-order valence-corrected chi connectivity index (χ0v) is 24.2. The fraction of sp³-hybridized carbons (Fsp3) is 0.406. The number of anilines is 1. The molecule has 0 saturated carbocycles. The van der Waals surface area contributed by atoms with Gasteiger partial charge in [0.2, 0.25) is 5.82 Å². The number of carbonyl (C=O) groups excluding carboxylic acids is 1. The van der Waals surface area contributed by atoms with E-state index in [2.05, 4.69) is 10.2 Å². The van der Waals surface area contributed by atoms with Crippen LogP contribution >= 0.6 is 0 Å². The number of benzene rings is 3. The topological polar surface area (TPSA) is 80.3 Å². The van der Waals surface area contributed by atoms with Gasteiger partial charge in [0.25, 0.3) is 5.91 Å². The van der Waals surface area contributed by atoms with E-state index in [-0.39, 0.29) is 30.4 Å². The predicted octanol–water partition coefficient (Wildman–Crippen LogP) is 6.03. The molecule has 3 aromatic carbocycles. The number of halogens is 5. The van der Waals surface area contributed by atoms with Gasteiger partial charge >= 0.3 is 0 Å². The van der Waals surface area contributed by atoms with Crippen molar-refractivity contribution in [1.29, 1.82) is 0 Å². The Morgan fingerprint density at radius 3 is 2.32 bits per heavy atom. The highest BCUT2D eigenvalue weighted by Gasteiger charge is 2.40. The first kappa shape index (κ1) is 32.0. The van der Waals surface area contributed by atoms with Crippen LogP contribution in [-0.4, -0.2) is 54.9 Å². The minimum atomic E-state index is -2.35.